The Labute approximate surface area is 172 Å². The number of rotatable bonds is 3. The zero-order valence-corrected chi connectivity index (χ0v) is 16.7. The molecule has 30 heavy (non-hydrogen) atoms. The Morgan fingerprint density at radius 3 is 2.53 bits per heavy atom. The van der Waals surface area contributed by atoms with Crippen molar-refractivity contribution in [3.63, 3.8) is 0 Å². The topological polar surface area (TPSA) is 67.2 Å². The molecule has 0 radical (unpaired) electrons. The Hall–Kier alpha value is -2.79. The van der Waals surface area contributed by atoms with Crippen LogP contribution in [0.15, 0.2) is 52.9 Å². The highest BCUT2D eigenvalue weighted by molar-refractivity contribution is 7.92. The maximum absolute atomic E-state index is 15.0. The van der Waals surface area contributed by atoms with Crippen molar-refractivity contribution in [1.29, 1.82) is 5.26 Å². The number of allylic oxidation sites excluding steroid dienone is 2. The van der Waals surface area contributed by atoms with Gasteiger partial charge < -0.3 is 4.74 Å². The SMILES string of the molecule is N#C/C=C1/CC[C@@]2(S(=O)(=O)c3ccc(CF)cc3)c3c(F)ccc(F)c3OC[C@H]2C1. The molecular weight excluding hydrogens is 415 g/mol. The van der Waals surface area contributed by atoms with Crippen molar-refractivity contribution >= 4 is 9.84 Å². The number of sulfone groups is 1. The van der Waals surface area contributed by atoms with E-state index in [9.17, 15) is 17.2 Å². The van der Waals surface area contributed by atoms with E-state index < -0.39 is 38.8 Å². The van der Waals surface area contributed by atoms with Crippen LogP contribution in [0.1, 0.15) is 30.4 Å². The molecule has 2 atom stereocenters. The molecule has 0 spiro atoms. The van der Waals surface area contributed by atoms with Gasteiger partial charge in [0.05, 0.1) is 23.1 Å². The molecule has 4 nitrogen and oxygen atoms in total. The predicted octanol–water partition coefficient (Wildman–Crippen LogP) is 4.75. The van der Waals surface area contributed by atoms with E-state index in [1.54, 1.807) is 0 Å². The van der Waals surface area contributed by atoms with Crippen LogP contribution in [-0.2, 0) is 21.3 Å². The fourth-order valence-electron chi connectivity index (χ4n) is 4.59. The highest BCUT2D eigenvalue weighted by Crippen LogP contribution is 2.57. The molecule has 2 aromatic rings. The summed E-state index contributed by atoms with van der Waals surface area (Å²) in [6.07, 6.45) is 1.81. The zero-order chi connectivity index (χ0) is 21.5. The minimum atomic E-state index is -4.22. The van der Waals surface area contributed by atoms with E-state index in [2.05, 4.69) is 0 Å². The van der Waals surface area contributed by atoms with Crippen molar-refractivity contribution in [2.45, 2.75) is 35.6 Å². The molecule has 1 heterocycles. The molecule has 1 aliphatic carbocycles. The Morgan fingerprint density at radius 1 is 1.17 bits per heavy atom. The Balaban J connectivity index is 1.97. The average molecular weight is 433 g/mol. The number of nitriles is 1. The summed E-state index contributed by atoms with van der Waals surface area (Å²) in [6.45, 7) is -0.870. The number of fused-ring (bicyclic) bond motifs is 3. The fourth-order valence-corrected chi connectivity index (χ4v) is 6.92. The third kappa shape index (κ3) is 2.91. The molecule has 1 fully saturated rings. The lowest BCUT2D eigenvalue weighted by molar-refractivity contribution is 0.141. The molecule has 0 saturated heterocycles. The summed E-state index contributed by atoms with van der Waals surface area (Å²) in [5.41, 5.74) is 0.754. The second-order valence-corrected chi connectivity index (χ2v) is 9.75. The number of hydrogen-bond donors (Lipinski definition) is 0. The predicted molar refractivity (Wildman–Crippen MR) is 103 cm³/mol. The van der Waals surface area contributed by atoms with Crippen LogP contribution in [0.3, 0.4) is 0 Å². The van der Waals surface area contributed by atoms with Crippen molar-refractivity contribution in [1.82, 2.24) is 0 Å². The van der Waals surface area contributed by atoms with Gasteiger partial charge in [-0.3, -0.25) is 0 Å². The first-order valence-electron chi connectivity index (χ1n) is 9.43. The van der Waals surface area contributed by atoms with Crippen molar-refractivity contribution in [2.75, 3.05) is 6.61 Å². The highest BCUT2D eigenvalue weighted by Gasteiger charge is 2.59. The van der Waals surface area contributed by atoms with Gasteiger partial charge >= 0.3 is 0 Å². The van der Waals surface area contributed by atoms with Gasteiger partial charge in [0.25, 0.3) is 0 Å². The number of halogens is 3. The number of ether oxygens (including phenoxy) is 1. The van der Waals surface area contributed by atoms with Gasteiger partial charge in [0.2, 0.25) is 0 Å². The average Bonchev–Trinajstić information content (AvgIpc) is 2.75. The van der Waals surface area contributed by atoms with Gasteiger partial charge in [0.1, 0.15) is 17.2 Å². The lowest BCUT2D eigenvalue weighted by Gasteiger charge is -2.47. The second kappa shape index (κ2) is 7.47. The quantitative estimate of drug-likeness (QED) is 0.656. The third-order valence-corrected chi connectivity index (χ3v) is 8.63. The van der Waals surface area contributed by atoms with E-state index in [4.69, 9.17) is 10.00 Å². The Bertz CT molecular complexity index is 1170. The highest BCUT2D eigenvalue weighted by atomic mass is 32.2. The summed E-state index contributed by atoms with van der Waals surface area (Å²) in [5.74, 6) is -2.78. The minimum Gasteiger partial charge on any atom is -0.490 e. The van der Waals surface area contributed by atoms with E-state index in [1.807, 2.05) is 6.07 Å². The molecule has 0 aromatic heterocycles. The van der Waals surface area contributed by atoms with Crippen LogP contribution in [0.5, 0.6) is 5.75 Å². The van der Waals surface area contributed by atoms with Crippen LogP contribution in [-0.4, -0.2) is 15.0 Å². The molecule has 0 N–H and O–H groups in total. The molecule has 156 valence electrons. The lowest BCUT2D eigenvalue weighted by Crippen LogP contribution is -2.51. The van der Waals surface area contributed by atoms with Gasteiger partial charge in [-0.15, -0.1) is 0 Å². The van der Waals surface area contributed by atoms with Crippen LogP contribution < -0.4 is 4.74 Å². The van der Waals surface area contributed by atoms with Gasteiger partial charge in [-0.25, -0.2) is 21.6 Å². The molecule has 1 aliphatic heterocycles. The molecule has 1 saturated carbocycles. The maximum atomic E-state index is 15.0. The molecule has 0 unspecified atom stereocenters. The summed E-state index contributed by atoms with van der Waals surface area (Å²) >= 11 is 0. The normalized spacial score (nSPS) is 24.5. The number of nitrogens with zero attached hydrogens (tertiary/aromatic N) is 1. The van der Waals surface area contributed by atoms with Crippen LogP contribution in [0.2, 0.25) is 0 Å². The van der Waals surface area contributed by atoms with Gasteiger partial charge in [0.15, 0.2) is 21.4 Å². The summed E-state index contributed by atoms with van der Waals surface area (Å²) < 4.78 is 74.0. The van der Waals surface area contributed by atoms with E-state index in [0.717, 1.165) is 17.7 Å². The van der Waals surface area contributed by atoms with Gasteiger partial charge in [0, 0.05) is 12.0 Å². The van der Waals surface area contributed by atoms with Crippen LogP contribution >= 0.6 is 0 Å². The summed E-state index contributed by atoms with van der Waals surface area (Å²) in [5, 5.41) is 8.99. The third-order valence-electron chi connectivity index (χ3n) is 6.03. The smallest absolute Gasteiger partial charge is 0.188 e. The lowest BCUT2D eigenvalue weighted by atomic mass is 9.71. The largest absolute Gasteiger partial charge is 0.490 e. The Morgan fingerprint density at radius 2 is 1.87 bits per heavy atom. The molecular formula is C22H18F3NO3S. The minimum absolute atomic E-state index is 0.0187. The Kier molecular flexibility index (Phi) is 5.10. The monoisotopic (exact) mass is 433 g/mol. The molecule has 4 rings (SSSR count). The summed E-state index contributed by atoms with van der Waals surface area (Å²) in [4.78, 5) is -0.0890. The molecule has 2 aromatic carbocycles. The molecule has 0 bridgehead atoms. The fraction of sp³-hybridized carbons (Fsp3) is 0.318. The van der Waals surface area contributed by atoms with Crippen LogP contribution in [0.4, 0.5) is 13.2 Å². The van der Waals surface area contributed by atoms with Crippen molar-refractivity contribution < 1.29 is 26.3 Å². The maximum Gasteiger partial charge on any atom is 0.188 e. The zero-order valence-electron chi connectivity index (χ0n) is 15.9. The number of hydrogen-bond acceptors (Lipinski definition) is 4. The number of alkyl halides is 1. The first kappa shape index (κ1) is 20.5. The summed E-state index contributed by atoms with van der Waals surface area (Å²) in [7, 11) is -4.22. The molecule has 0 amide bonds. The first-order valence-corrected chi connectivity index (χ1v) is 10.9. The van der Waals surface area contributed by atoms with E-state index >= 15 is 4.39 Å². The summed E-state index contributed by atoms with van der Waals surface area (Å²) in [6, 6.07) is 9.09. The molecule has 2 aliphatic rings. The van der Waals surface area contributed by atoms with Crippen molar-refractivity contribution in [2.24, 2.45) is 5.92 Å². The van der Waals surface area contributed by atoms with Gasteiger partial charge in [-0.1, -0.05) is 17.7 Å². The van der Waals surface area contributed by atoms with Gasteiger partial charge in [-0.2, -0.15) is 5.26 Å². The van der Waals surface area contributed by atoms with Crippen molar-refractivity contribution in [3.05, 3.63) is 70.8 Å². The van der Waals surface area contributed by atoms with E-state index in [0.29, 0.717) is 5.56 Å². The van der Waals surface area contributed by atoms with Crippen molar-refractivity contribution in [3.8, 4) is 11.8 Å². The van der Waals surface area contributed by atoms with Gasteiger partial charge in [-0.05, 0) is 49.1 Å². The second-order valence-electron chi connectivity index (χ2n) is 7.55. The van der Waals surface area contributed by atoms with Crippen LogP contribution in [0, 0.1) is 28.9 Å². The van der Waals surface area contributed by atoms with Crippen LogP contribution in [0.25, 0.3) is 0 Å². The van der Waals surface area contributed by atoms with E-state index in [1.165, 1.54) is 30.3 Å². The first-order chi connectivity index (χ1) is 14.3. The van der Waals surface area contributed by atoms with E-state index in [-0.39, 0.29) is 42.1 Å². The number of benzene rings is 2. The molecule has 8 heteroatoms. The standard InChI is InChI=1S/C22H18F3NO3S/c23-12-15-1-3-17(4-2-15)30(27,28)22-9-7-14(8-10-26)11-16(22)13-29-21-19(25)6-5-18(24)20(21)22/h1-6,8,16H,7,9,11-13H2/b14-8-/t16-,22+/m1/s1.